The Morgan fingerprint density at radius 1 is 1.50 bits per heavy atom. The molecular weight excluding hydrogens is 160 g/mol. The van der Waals surface area contributed by atoms with Crippen LogP contribution < -0.4 is 0 Å². The van der Waals surface area contributed by atoms with E-state index in [0.717, 1.165) is 0 Å². The van der Waals surface area contributed by atoms with E-state index in [1.807, 2.05) is 0 Å². The maximum atomic E-state index is 10.3. The average Bonchev–Trinajstić information content (AvgIpc) is 1.85. The van der Waals surface area contributed by atoms with E-state index in [-0.39, 0.29) is 18.4 Å². The van der Waals surface area contributed by atoms with Gasteiger partial charge in [-0.15, -0.1) is 0 Å². The molecule has 0 fully saturated rings. The summed E-state index contributed by atoms with van der Waals surface area (Å²) >= 11 is 0. The highest BCUT2D eigenvalue weighted by molar-refractivity contribution is 5.85. The van der Waals surface area contributed by atoms with E-state index in [1.165, 1.54) is 0 Å². The molecule has 0 aromatic rings. The van der Waals surface area contributed by atoms with E-state index >= 15 is 0 Å². The van der Waals surface area contributed by atoms with Gasteiger partial charge in [0.2, 0.25) is 0 Å². The van der Waals surface area contributed by atoms with Gasteiger partial charge in [-0.1, -0.05) is 19.9 Å². The van der Waals surface area contributed by atoms with Gasteiger partial charge >= 0.3 is 5.97 Å². The number of rotatable bonds is 5. The van der Waals surface area contributed by atoms with E-state index in [9.17, 15) is 4.79 Å². The normalized spacial score (nSPS) is 11.2. The molecule has 0 unspecified atom stereocenters. The summed E-state index contributed by atoms with van der Waals surface area (Å²) in [5, 5.41) is 26.7. The maximum absolute atomic E-state index is 10.3. The lowest BCUT2D eigenvalue weighted by Gasteiger charge is -2.20. The highest BCUT2D eigenvalue weighted by atomic mass is 16.5. The molecule has 0 aliphatic rings. The molecule has 0 aromatic heterocycles. The minimum atomic E-state index is -1.93. The molecule has 0 bridgehead atoms. The van der Waals surface area contributed by atoms with Crippen LogP contribution in [0.5, 0.6) is 0 Å². The van der Waals surface area contributed by atoms with Crippen LogP contribution in [0, 0.1) is 0 Å². The first kappa shape index (κ1) is 11.1. The van der Waals surface area contributed by atoms with Crippen molar-refractivity contribution >= 4 is 5.97 Å². The van der Waals surface area contributed by atoms with Crippen LogP contribution in [-0.4, -0.2) is 27.1 Å². The fraction of sp³-hybridized carbons (Fsp3) is 0.625. The van der Waals surface area contributed by atoms with Crippen LogP contribution in [0.1, 0.15) is 26.2 Å². The second-order valence-corrected chi connectivity index (χ2v) is 2.82. The van der Waals surface area contributed by atoms with Gasteiger partial charge in [0.1, 0.15) is 0 Å². The van der Waals surface area contributed by atoms with Gasteiger partial charge in [0, 0.05) is 18.4 Å². The number of carboxylic acids is 1. The van der Waals surface area contributed by atoms with Gasteiger partial charge < -0.3 is 15.3 Å². The largest absolute Gasteiger partial charge is 0.478 e. The van der Waals surface area contributed by atoms with Crippen molar-refractivity contribution in [2.45, 2.75) is 32.0 Å². The van der Waals surface area contributed by atoms with Crippen molar-refractivity contribution in [1.29, 1.82) is 0 Å². The molecule has 70 valence electrons. The SMILES string of the molecule is C=C(CC(O)(O)CCC)C(=O)O. The standard InChI is InChI=1S/C8H14O4/c1-3-4-8(11,12)5-6(2)7(9)10/h11-12H,2-5H2,1H3,(H,9,10). The van der Waals surface area contributed by atoms with Crippen molar-refractivity contribution in [3.8, 4) is 0 Å². The van der Waals surface area contributed by atoms with Gasteiger partial charge in [-0.2, -0.15) is 0 Å². The Kier molecular flexibility index (Phi) is 3.92. The molecule has 0 aliphatic carbocycles. The molecule has 0 atom stereocenters. The van der Waals surface area contributed by atoms with Gasteiger partial charge in [-0.25, -0.2) is 4.79 Å². The number of carbonyl (C=O) groups is 1. The molecule has 0 spiro atoms. The molecule has 0 rings (SSSR count). The quantitative estimate of drug-likeness (QED) is 0.419. The number of hydrogen-bond donors (Lipinski definition) is 3. The maximum Gasteiger partial charge on any atom is 0.331 e. The Morgan fingerprint density at radius 3 is 2.33 bits per heavy atom. The third kappa shape index (κ3) is 4.10. The number of hydrogen-bond acceptors (Lipinski definition) is 3. The van der Waals surface area contributed by atoms with E-state index in [2.05, 4.69) is 6.58 Å². The molecule has 0 amide bonds. The zero-order chi connectivity index (χ0) is 9.78. The third-order valence-electron chi connectivity index (χ3n) is 1.45. The zero-order valence-electron chi connectivity index (χ0n) is 7.08. The summed E-state index contributed by atoms with van der Waals surface area (Å²) in [4.78, 5) is 10.3. The lowest BCUT2D eigenvalue weighted by molar-refractivity contribution is -0.167. The second kappa shape index (κ2) is 4.23. The van der Waals surface area contributed by atoms with E-state index in [0.29, 0.717) is 6.42 Å². The summed E-state index contributed by atoms with van der Waals surface area (Å²) in [5.74, 6) is -3.12. The van der Waals surface area contributed by atoms with E-state index in [4.69, 9.17) is 15.3 Å². The first-order valence-corrected chi connectivity index (χ1v) is 3.75. The van der Waals surface area contributed by atoms with Crippen LogP contribution in [0.25, 0.3) is 0 Å². The van der Waals surface area contributed by atoms with Crippen molar-refractivity contribution in [2.75, 3.05) is 0 Å². The predicted octanol–water partition coefficient (Wildman–Crippen LogP) is 0.498. The average molecular weight is 174 g/mol. The molecule has 0 aromatic carbocycles. The van der Waals surface area contributed by atoms with Crippen molar-refractivity contribution in [3.05, 3.63) is 12.2 Å². The molecule has 0 radical (unpaired) electrons. The van der Waals surface area contributed by atoms with Gasteiger partial charge in [-0.3, -0.25) is 0 Å². The summed E-state index contributed by atoms with van der Waals surface area (Å²) in [7, 11) is 0. The molecule has 0 aliphatic heterocycles. The second-order valence-electron chi connectivity index (χ2n) is 2.82. The molecule has 0 heterocycles. The lowest BCUT2D eigenvalue weighted by Crippen LogP contribution is -2.29. The minimum Gasteiger partial charge on any atom is -0.478 e. The van der Waals surface area contributed by atoms with Crippen LogP contribution in [-0.2, 0) is 4.79 Å². The van der Waals surface area contributed by atoms with Gasteiger partial charge in [0.15, 0.2) is 5.79 Å². The summed E-state index contributed by atoms with van der Waals surface area (Å²) in [5.41, 5.74) is -0.187. The third-order valence-corrected chi connectivity index (χ3v) is 1.45. The van der Waals surface area contributed by atoms with Crippen LogP contribution >= 0.6 is 0 Å². The van der Waals surface area contributed by atoms with Gasteiger partial charge in [0.25, 0.3) is 0 Å². The highest BCUT2D eigenvalue weighted by Crippen LogP contribution is 2.17. The van der Waals surface area contributed by atoms with Crippen molar-refractivity contribution in [2.24, 2.45) is 0 Å². The van der Waals surface area contributed by atoms with Crippen LogP contribution in [0.3, 0.4) is 0 Å². The minimum absolute atomic E-state index is 0.152. The van der Waals surface area contributed by atoms with E-state index < -0.39 is 11.8 Å². The Bertz CT molecular complexity index is 183. The summed E-state index contributed by atoms with van der Waals surface area (Å²) < 4.78 is 0. The number of aliphatic hydroxyl groups is 2. The molecular formula is C8H14O4. The molecule has 4 nitrogen and oxygen atoms in total. The predicted molar refractivity (Wildman–Crippen MR) is 43.5 cm³/mol. The monoisotopic (exact) mass is 174 g/mol. The van der Waals surface area contributed by atoms with E-state index in [1.54, 1.807) is 6.92 Å². The summed E-state index contributed by atoms with van der Waals surface area (Å²) in [6.07, 6.45) is 0.426. The fourth-order valence-electron chi connectivity index (χ4n) is 0.906. The molecule has 4 heteroatoms. The molecule has 0 saturated heterocycles. The van der Waals surface area contributed by atoms with Crippen molar-refractivity contribution in [3.63, 3.8) is 0 Å². The van der Waals surface area contributed by atoms with Gasteiger partial charge in [-0.05, 0) is 0 Å². The Morgan fingerprint density at radius 2 is 2.00 bits per heavy atom. The lowest BCUT2D eigenvalue weighted by atomic mass is 10.0. The van der Waals surface area contributed by atoms with Crippen LogP contribution in [0.15, 0.2) is 12.2 Å². The molecule has 0 saturated carbocycles. The van der Waals surface area contributed by atoms with Crippen molar-refractivity contribution < 1.29 is 20.1 Å². The summed E-state index contributed by atoms with van der Waals surface area (Å²) in [6.45, 7) is 4.98. The van der Waals surface area contributed by atoms with Crippen molar-refractivity contribution in [1.82, 2.24) is 0 Å². The topological polar surface area (TPSA) is 77.8 Å². The molecule has 12 heavy (non-hydrogen) atoms. The Labute approximate surface area is 71.1 Å². The zero-order valence-corrected chi connectivity index (χ0v) is 7.08. The number of carboxylic acid groups (broad SMARTS) is 1. The number of aliphatic carboxylic acids is 1. The highest BCUT2D eigenvalue weighted by Gasteiger charge is 2.24. The Hall–Kier alpha value is -0.870. The first-order chi connectivity index (χ1) is 5.39. The molecule has 3 N–H and O–H groups in total. The first-order valence-electron chi connectivity index (χ1n) is 3.75. The van der Waals surface area contributed by atoms with Gasteiger partial charge in [0.05, 0.1) is 0 Å². The Balaban J connectivity index is 4.05. The summed E-state index contributed by atoms with van der Waals surface area (Å²) in [6, 6.07) is 0. The van der Waals surface area contributed by atoms with Crippen LogP contribution in [0.2, 0.25) is 0 Å². The smallest absolute Gasteiger partial charge is 0.331 e. The fourth-order valence-corrected chi connectivity index (χ4v) is 0.906. The van der Waals surface area contributed by atoms with Crippen LogP contribution in [0.4, 0.5) is 0 Å².